The summed E-state index contributed by atoms with van der Waals surface area (Å²) in [4.78, 5) is 4.47. The van der Waals surface area contributed by atoms with Crippen molar-refractivity contribution in [2.24, 2.45) is 0 Å². The van der Waals surface area contributed by atoms with Gasteiger partial charge in [-0.1, -0.05) is 24.3 Å². The maximum Gasteiger partial charge on any atom is 0.243 e. The van der Waals surface area contributed by atoms with E-state index in [1.807, 2.05) is 30.5 Å². The van der Waals surface area contributed by atoms with Gasteiger partial charge in [-0.3, -0.25) is 0 Å². The first-order valence-electron chi connectivity index (χ1n) is 6.58. The summed E-state index contributed by atoms with van der Waals surface area (Å²) in [5, 5.41) is 7.65. The molecule has 2 aromatic heterocycles. The smallest absolute Gasteiger partial charge is 0.243 e. The molecule has 0 spiro atoms. The largest absolute Gasteiger partial charge is 0.380 e. The van der Waals surface area contributed by atoms with Gasteiger partial charge in [-0.05, 0) is 39.2 Å². The number of nitrogens with zero attached hydrogens (tertiary/aromatic N) is 3. The highest BCUT2D eigenvalue weighted by atomic mass is 79.9. The summed E-state index contributed by atoms with van der Waals surface area (Å²) >= 11 is 3.47. The second kappa shape index (κ2) is 6.24. The number of nitrogens with one attached hydrogen (secondary N) is 1. The Kier molecular flexibility index (Phi) is 4.17. The van der Waals surface area contributed by atoms with Crippen LogP contribution >= 0.6 is 15.9 Å². The lowest BCUT2D eigenvalue weighted by Gasteiger charge is -2.08. The predicted octanol–water partition coefficient (Wildman–Crippen LogP) is 3.25. The Bertz CT molecular complexity index is 756. The lowest BCUT2D eigenvalue weighted by atomic mass is 10.1. The van der Waals surface area contributed by atoms with Crippen LogP contribution in [0.25, 0.3) is 5.65 Å². The van der Waals surface area contributed by atoms with Crippen molar-refractivity contribution >= 4 is 27.5 Å². The molecule has 6 heteroatoms. The fourth-order valence-corrected chi connectivity index (χ4v) is 2.57. The molecule has 0 aliphatic heterocycles. The number of anilines is 1. The highest BCUT2D eigenvalue weighted by molar-refractivity contribution is 9.10. The van der Waals surface area contributed by atoms with Crippen LogP contribution in [0, 0.1) is 0 Å². The van der Waals surface area contributed by atoms with Gasteiger partial charge in [0.1, 0.15) is 0 Å². The molecular weight excluding hydrogens is 332 g/mol. The number of methoxy groups -OCH3 is 1. The average molecular weight is 347 g/mol. The number of fused-ring (bicyclic) bond motifs is 1. The average Bonchev–Trinajstić information content (AvgIpc) is 2.91. The molecule has 1 N–H and O–H groups in total. The molecule has 0 radical (unpaired) electrons. The van der Waals surface area contributed by atoms with E-state index in [2.05, 4.69) is 43.5 Å². The Balaban J connectivity index is 1.79. The maximum absolute atomic E-state index is 5.21. The molecule has 0 amide bonds. The molecule has 21 heavy (non-hydrogen) atoms. The van der Waals surface area contributed by atoms with Gasteiger partial charge in [0.15, 0.2) is 5.65 Å². The second-order valence-corrected chi connectivity index (χ2v) is 5.47. The minimum absolute atomic E-state index is 0.599. The summed E-state index contributed by atoms with van der Waals surface area (Å²) in [7, 11) is 1.70. The van der Waals surface area contributed by atoms with Crippen LogP contribution in [0.5, 0.6) is 0 Å². The van der Waals surface area contributed by atoms with Crippen LogP contribution in [0.1, 0.15) is 11.1 Å². The summed E-state index contributed by atoms with van der Waals surface area (Å²) < 4.78 is 7.88. The molecule has 2 heterocycles. The molecule has 1 aromatic carbocycles. The van der Waals surface area contributed by atoms with E-state index in [-0.39, 0.29) is 0 Å². The highest BCUT2D eigenvalue weighted by Crippen LogP contribution is 2.17. The SMILES string of the molecule is COCc1ccccc1CNc1nc2c(Br)cccn2n1. The first-order chi connectivity index (χ1) is 10.3. The van der Waals surface area contributed by atoms with Crippen molar-refractivity contribution in [3.05, 3.63) is 58.2 Å². The van der Waals surface area contributed by atoms with E-state index in [0.29, 0.717) is 19.1 Å². The van der Waals surface area contributed by atoms with Crippen LogP contribution in [-0.4, -0.2) is 21.7 Å². The zero-order valence-corrected chi connectivity index (χ0v) is 13.2. The summed E-state index contributed by atoms with van der Waals surface area (Å²) in [6.45, 7) is 1.26. The number of halogens is 1. The van der Waals surface area contributed by atoms with Crippen molar-refractivity contribution in [3.63, 3.8) is 0 Å². The Hall–Kier alpha value is -1.92. The summed E-state index contributed by atoms with van der Waals surface area (Å²) in [6, 6.07) is 12.0. The molecule has 0 bridgehead atoms. The van der Waals surface area contributed by atoms with Crippen molar-refractivity contribution in [2.45, 2.75) is 13.2 Å². The fourth-order valence-electron chi connectivity index (χ4n) is 2.15. The third-order valence-corrected chi connectivity index (χ3v) is 3.79. The zero-order valence-electron chi connectivity index (χ0n) is 11.6. The van der Waals surface area contributed by atoms with E-state index in [4.69, 9.17) is 4.74 Å². The van der Waals surface area contributed by atoms with Gasteiger partial charge in [-0.25, -0.2) is 4.52 Å². The molecule has 108 valence electrons. The molecule has 0 saturated heterocycles. The lowest BCUT2D eigenvalue weighted by Crippen LogP contribution is -2.04. The van der Waals surface area contributed by atoms with E-state index in [1.54, 1.807) is 11.6 Å². The number of hydrogen-bond donors (Lipinski definition) is 1. The van der Waals surface area contributed by atoms with Gasteiger partial charge in [-0.2, -0.15) is 4.98 Å². The molecule has 0 aliphatic carbocycles. The van der Waals surface area contributed by atoms with Crippen LogP contribution in [0.3, 0.4) is 0 Å². The van der Waals surface area contributed by atoms with Gasteiger partial charge in [0.25, 0.3) is 0 Å². The van der Waals surface area contributed by atoms with E-state index in [9.17, 15) is 0 Å². The number of rotatable bonds is 5. The van der Waals surface area contributed by atoms with Crippen LogP contribution in [0.4, 0.5) is 5.95 Å². The molecule has 3 rings (SSSR count). The Morgan fingerprint density at radius 3 is 2.76 bits per heavy atom. The van der Waals surface area contributed by atoms with Crippen LogP contribution < -0.4 is 5.32 Å². The maximum atomic E-state index is 5.21. The van der Waals surface area contributed by atoms with Crippen LogP contribution in [-0.2, 0) is 17.9 Å². The minimum atomic E-state index is 0.599. The van der Waals surface area contributed by atoms with Crippen molar-refractivity contribution < 1.29 is 4.74 Å². The minimum Gasteiger partial charge on any atom is -0.380 e. The predicted molar refractivity (Wildman–Crippen MR) is 85.2 cm³/mol. The fraction of sp³-hybridized carbons (Fsp3) is 0.200. The quantitative estimate of drug-likeness (QED) is 0.770. The number of pyridine rings is 1. The molecule has 0 fully saturated rings. The van der Waals surface area contributed by atoms with Crippen molar-refractivity contribution in [1.82, 2.24) is 14.6 Å². The zero-order chi connectivity index (χ0) is 14.7. The Morgan fingerprint density at radius 2 is 2.00 bits per heavy atom. The van der Waals surface area contributed by atoms with Gasteiger partial charge in [0.05, 0.1) is 11.1 Å². The van der Waals surface area contributed by atoms with Crippen LogP contribution in [0.15, 0.2) is 47.1 Å². The Labute approximate surface area is 131 Å². The number of ether oxygens (including phenoxy) is 1. The topological polar surface area (TPSA) is 51.5 Å². The molecular formula is C15H15BrN4O. The molecule has 3 aromatic rings. The standard InChI is InChI=1S/C15H15BrN4O/c1-21-10-12-6-3-2-5-11(12)9-17-15-18-14-13(16)7-4-8-20(14)19-15/h2-8H,9-10H2,1H3,(H,17,19). The van der Waals surface area contributed by atoms with Gasteiger partial charge in [0, 0.05) is 19.9 Å². The van der Waals surface area contributed by atoms with Crippen molar-refractivity contribution in [3.8, 4) is 0 Å². The van der Waals surface area contributed by atoms with Gasteiger partial charge in [0.2, 0.25) is 5.95 Å². The number of aromatic nitrogens is 3. The van der Waals surface area contributed by atoms with E-state index in [0.717, 1.165) is 15.7 Å². The highest BCUT2D eigenvalue weighted by Gasteiger charge is 2.07. The summed E-state index contributed by atoms with van der Waals surface area (Å²) in [5.74, 6) is 0.606. The molecule has 5 nitrogen and oxygen atoms in total. The molecule has 0 atom stereocenters. The summed E-state index contributed by atoms with van der Waals surface area (Å²) in [5.41, 5.74) is 3.14. The molecule has 0 unspecified atom stereocenters. The van der Waals surface area contributed by atoms with Gasteiger partial charge in [-0.15, -0.1) is 5.10 Å². The third kappa shape index (κ3) is 3.06. The van der Waals surface area contributed by atoms with E-state index in [1.165, 1.54) is 5.56 Å². The number of benzene rings is 1. The lowest BCUT2D eigenvalue weighted by molar-refractivity contribution is 0.184. The van der Waals surface area contributed by atoms with E-state index >= 15 is 0 Å². The first-order valence-corrected chi connectivity index (χ1v) is 7.37. The second-order valence-electron chi connectivity index (χ2n) is 4.61. The van der Waals surface area contributed by atoms with Crippen molar-refractivity contribution in [1.29, 1.82) is 0 Å². The number of hydrogen-bond acceptors (Lipinski definition) is 4. The molecule has 0 saturated carbocycles. The van der Waals surface area contributed by atoms with E-state index < -0.39 is 0 Å². The normalized spacial score (nSPS) is 11.0. The van der Waals surface area contributed by atoms with Gasteiger partial charge >= 0.3 is 0 Å². The van der Waals surface area contributed by atoms with Crippen LogP contribution in [0.2, 0.25) is 0 Å². The van der Waals surface area contributed by atoms with Crippen molar-refractivity contribution in [2.75, 3.05) is 12.4 Å². The third-order valence-electron chi connectivity index (χ3n) is 3.17. The van der Waals surface area contributed by atoms with Gasteiger partial charge < -0.3 is 10.1 Å². The monoisotopic (exact) mass is 346 g/mol. The Morgan fingerprint density at radius 1 is 1.19 bits per heavy atom. The first kappa shape index (κ1) is 14.0. The molecule has 0 aliphatic rings. The summed E-state index contributed by atoms with van der Waals surface area (Å²) in [6.07, 6.45) is 1.87.